The number of H-pyrrole nitrogens is 1. The topological polar surface area (TPSA) is 85.4 Å². The summed E-state index contributed by atoms with van der Waals surface area (Å²) in [4.78, 5) is 7.84. The zero-order chi connectivity index (χ0) is 27.0. The van der Waals surface area contributed by atoms with Crippen LogP contribution in [0.1, 0.15) is 62.0 Å². The maximum absolute atomic E-state index is 6.02. The Labute approximate surface area is 231 Å². The first-order valence-electron chi connectivity index (χ1n) is 14.1. The Morgan fingerprint density at radius 1 is 0.923 bits per heavy atom. The van der Waals surface area contributed by atoms with Gasteiger partial charge in [-0.25, -0.2) is 9.67 Å². The Hall–Kier alpha value is -4.19. The largest absolute Gasteiger partial charge is 0.369 e. The number of fused-ring (bicyclic) bond motifs is 1. The van der Waals surface area contributed by atoms with Crippen LogP contribution < -0.4 is 5.73 Å². The van der Waals surface area contributed by atoms with E-state index in [1.807, 2.05) is 4.68 Å². The van der Waals surface area contributed by atoms with Gasteiger partial charge in [0.25, 0.3) is 0 Å². The molecule has 0 bridgehead atoms. The predicted molar refractivity (Wildman–Crippen MR) is 161 cm³/mol. The van der Waals surface area contributed by atoms with E-state index in [9.17, 15) is 0 Å². The Bertz CT molecular complexity index is 1540. The second-order valence-corrected chi connectivity index (χ2v) is 10.4. The van der Waals surface area contributed by atoms with Crippen LogP contribution >= 0.6 is 0 Å². The quantitative estimate of drug-likeness (QED) is 0.168. The van der Waals surface area contributed by atoms with Crippen LogP contribution in [0.2, 0.25) is 0 Å². The van der Waals surface area contributed by atoms with Crippen molar-refractivity contribution in [2.24, 2.45) is 0 Å². The molecule has 0 atom stereocenters. The lowest BCUT2D eigenvalue weighted by molar-refractivity contribution is 0.642. The average Bonchev–Trinajstić information content (AvgIpc) is 3.55. The molecule has 2 heterocycles. The molecule has 0 saturated heterocycles. The van der Waals surface area contributed by atoms with E-state index in [2.05, 4.69) is 113 Å². The highest BCUT2D eigenvalue weighted by Gasteiger charge is 2.11. The molecular weight excluding hydrogens is 480 g/mol. The Morgan fingerprint density at radius 2 is 1.72 bits per heavy atom. The minimum atomic E-state index is 0.485. The van der Waals surface area contributed by atoms with Gasteiger partial charge in [0, 0.05) is 17.5 Å². The smallest absolute Gasteiger partial charge is 0.198 e. The number of nitrogens with two attached hydrogens (primary N) is 1. The molecule has 0 fully saturated rings. The SMILES string of the molecule is CCCc1ccc(-c2nc(N)[nH]c2CCCCCc2cn(C/C(C)=C/c3cccc4ccccc34)nn2)cc1. The molecule has 0 saturated carbocycles. The van der Waals surface area contributed by atoms with Gasteiger partial charge in [0.15, 0.2) is 5.95 Å². The zero-order valence-corrected chi connectivity index (χ0v) is 23.0. The lowest BCUT2D eigenvalue weighted by Gasteiger charge is -2.05. The maximum Gasteiger partial charge on any atom is 0.198 e. The number of nitrogens with zero attached hydrogens (tertiary/aromatic N) is 4. The molecule has 0 aliphatic heterocycles. The maximum atomic E-state index is 6.02. The number of nitrogen functional groups attached to an aromatic ring is 1. The third kappa shape index (κ3) is 6.82. The number of benzene rings is 3. The Balaban J connectivity index is 1.10. The van der Waals surface area contributed by atoms with Gasteiger partial charge < -0.3 is 10.7 Å². The van der Waals surface area contributed by atoms with E-state index in [4.69, 9.17) is 5.73 Å². The number of imidazole rings is 1. The summed E-state index contributed by atoms with van der Waals surface area (Å²) in [5.74, 6) is 0.485. The van der Waals surface area contributed by atoms with Gasteiger partial charge in [0.1, 0.15) is 0 Å². The number of nitrogens with one attached hydrogen (secondary N) is 1. The number of aromatic nitrogens is 5. The first-order chi connectivity index (χ1) is 19.1. The molecule has 3 aromatic carbocycles. The molecule has 0 spiro atoms. The van der Waals surface area contributed by atoms with Crippen LogP contribution in [0.15, 0.2) is 78.5 Å². The third-order valence-electron chi connectivity index (χ3n) is 7.15. The third-order valence-corrected chi connectivity index (χ3v) is 7.15. The molecular formula is C33H38N6. The summed E-state index contributed by atoms with van der Waals surface area (Å²) in [5.41, 5.74) is 14.1. The zero-order valence-electron chi connectivity index (χ0n) is 23.0. The molecule has 0 unspecified atom stereocenters. The minimum absolute atomic E-state index is 0.485. The van der Waals surface area contributed by atoms with Gasteiger partial charge in [-0.15, -0.1) is 5.10 Å². The van der Waals surface area contributed by atoms with Crippen molar-refractivity contribution in [2.75, 3.05) is 5.73 Å². The van der Waals surface area contributed by atoms with Crippen molar-refractivity contribution in [1.29, 1.82) is 0 Å². The molecule has 0 amide bonds. The highest BCUT2D eigenvalue weighted by Crippen LogP contribution is 2.25. The van der Waals surface area contributed by atoms with Crippen molar-refractivity contribution in [3.8, 4) is 11.3 Å². The second-order valence-electron chi connectivity index (χ2n) is 10.4. The average molecular weight is 519 g/mol. The van der Waals surface area contributed by atoms with Gasteiger partial charge in [0.2, 0.25) is 0 Å². The van der Waals surface area contributed by atoms with Gasteiger partial charge in [-0.2, -0.15) is 0 Å². The first kappa shape index (κ1) is 26.4. The fourth-order valence-corrected chi connectivity index (χ4v) is 5.23. The van der Waals surface area contributed by atoms with Crippen LogP contribution in [0, 0.1) is 0 Å². The van der Waals surface area contributed by atoms with E-state index >= 15 is 0 Å². The standard InChI is InChI=1S/C33H38N6/c1-3-10-25-17-19-27(20-18-25)32-31(35-33(34)36-32)16-6-4-5-14-29-23-39(38-37-29)22-24(2)21-28-13-9-12-26-11-7-8-15-30(26)28/h7-9,11-13,15,17-21,23H,3-6,10,14,16,22H2,1-2H3,(H3,34,35,36)/b24-21+. The number of rotatable bonds is 12. The van der Waals surface area contributed by atoms with Crippen LogP contribution in [0.4, 0.5) is 5.95 Å². The molecule has 0 radical (unpaired) electrons. The van der Waals surface area contributed by atoms with Crippen molar-refractivity contribution in [3.63, 3.8) is 0 Å². The van der Waals surface area contributed by atoms with E-state index in [1.165, 1.54) is 27.5 Å². The van der Waals surface area contributed by atoms with Gasteiger partial charge in [-0.3, -0.25) is 0 Å². The monoisotopic (exact) mass is 518 g/mol. The van der Waals surface area contributed by atoms with Crippen molar-refractivity contribution in [3.05, 3.63) is 101 Å². The molecule has 6 nitrogen and oxygen atoms in total. The van der Waals surface area contributed by atoms with Crippen LogP contribution in [-0.4, -0.2) is 25.0 Å². The van der Waals surface area contributed by atoms with Crippen molar-refractivity contribution >= 4 is 22.8 Å². The summed E-state index contributed by atoms with van der Waals surface area (Å²) in [6.45, 7) is 5.09. The molecule has 5 rings (SSSR count). The molecule has 6 heteroatoms. The Kier molecular flexibility index (Phi) is 8.51. The van der Waals surface area contributed by atoms with E-state index in [1.54, 1.807) is 0 Å². The number of hydrogen-bond donors (Lipinski definition) is 2. The fraction of sp³-hybridized carbons (Fsp3) is 0.303. The number of aryl methyl sites for hydroxylation is 3. The molecule has 3 N–H and O–H groups in total. The van der Waals surface area contributed by atoms with Gasteiger partial charge in [0.05, 0.1) is 17.9 Å². The lowest BCUT2D eigenvalue weighted by atomic mass is 10.0. The van der Waals surface area contributed by atoms with Gasteiger partial charge in [-0.05, 0) is 60.9 Å². The van der Waals surface area contributed by atoms with Gasteiger partial charge >= 0.3 is 0 Å². The normalized spacial score (nSPS) is 11.9. The number of hydrogen-bond acceptors (Lipinski definition) is 4. The molecule has 5 aromatic rings. The summed E-state index contributed by atoms with van der Waals surface area (Å²) < 4.78 is 1.94. The molecule has 0 aliphatic rings. The number of aromatic amines is 1. The van der Waals surface area contributed by atoms with E-state index in [0.29, 0.717) is 5.95 Å². The van der Waals surface area contributed by atoms with Crippen LogP contribution in [0.5, 0.6) is 0 Å². The highest BCUT2D eigenvalue weighted by molar-refractivity contribution is 5.90. The highest BCUT2D eigenvalue weighted by atomic mass is 15.4. The summed E-state index contributed by atoms with van der Waals surface area (Å²) in [6, 6.07) is 23.6. The van der Waals surface area contributed by atoms with Gasteiger partial charge in [-0.1, -0.05) is 103 Å². The summed E-state index contributed by atoms with van der Waals surface area (Å²) in [6.07, 6.45) is 11.7. The van der Waals surface area contributed by atoms with E-state index < -0.39 is 0 Å². The minimum Gasteiger partial charge on any atom is -0.369 e. The van der Waals surface area contributed by atoms with Crippen LogP contribution in [0.25, 0.3) is 28.1 Å². The number of unbranched alkanes of at least 4 members (excludes halogenated alkanes) is 2. The molecule has 200 valence electrons. The van der Waals surface area contributed by atoms with Crippen molar-refractivity contribution in [1.82, 2.24) is 25.0 Å². The second kappa shape index (κ2) is 12.6. The Morgan fingerprint density at radius 3 is 2.56 bits per heavy atom. The summed E-state index contributed by atoms with van der Waals surface area (Å²) in [5, 5.41) is 11.3. The first-order valence-corrected chi connectivity index (χ1v) is 14.1. The lowest BCUT2D eigenvalue weighted by Crippen LogP contribution is -2.00. The number of anilines is 1. The van der Waals surface area contributed by atoms with Crippen molar-refractivity contribution < 1.29 is 0 Å². The van der Waals surface area contributed by atoms with Crippen LogP contribution in [0.3, 0.4) is 0 Å². The fourth-order valence-electron chi connectivity index (χ4n) is 5.23. The van der Waals surface area contributed by atoms with E-state index in [0.717, 1.165) is 74.1 Å². The summed E-state index contributed by atoms with van der Waals surface area (Å²) in [7, 11) is 0. The van der Waals surface area contributed by atoms with Crippen molar-refractivity contribution in [2.45, 2.75) is 65.3 Å². The van der Waals surface area contributed by atoms with E-state index in [-0.39, 0.29) is 0 Å². The molecule has 0 aliphatic carbocycles. The summed E-state index contributed by atoms with van der Waals surface area (Å²) >= 11 is 0. The predicted octanol–water partition coefficient (Wildman–Crippen LogP) is 7.42. The van der Waals surface area contributed by atoms with Crippen LogP contribution in [-0.2, 0) is 25.8 Å². The number of allylic oxidation sites excluding steroid dienone is 1. The molecule has 39 heavy (non-hydrogen) atoms. The molecule has 2 aromatic heterocycles.